The molecule has 2 aromatic carbocycles. The maximum Gasteiger partial charge on any atom is 0.233 e. The van der Waals surface area contributed by atoms with Gasteiger partial charge in [-0.2, -0.15) is 0 Å². The summed E-state index contributed by atoms with van der Waals surface area (Å²) < 4.78 is 5.68. The molecule has 5 rings (SSSR count). The van der Waals surface area contributed by atoms with Gasteiger partial charge in [-0.15, -0.1) is 0 Å². The smallest absolute Gasteiger partial charge is 0.233 e. The zero-order chi connectivity index (χ0) is 22.7. The van der Waals surface area contributed by atoms with Crippen LogP contribution in [0.2, 0.25) is 0 Å². The van der Waals surface area contributed by atoms with Gasteiger partial charge in [-0.1, -0.05) is 42.0 Å². The van der Waals surface area contributed by atoms with E-state index < -0.39 is 5.41 Å². The molecule has 33 heavy (non-hydrogen) atoms. The van der Waals surface area contributed by atoms with Crippen LogP contribution in [0, 0.1) is 12.8 Å². The number of hydrogen-bond acceptors (Lipinski definition) is 3. The molecule has 3 aromatic rings. The summed E-state index contributed by atoms with van der Waals surface area (Å²) in [4.78, 5) is 20.5. The molecule has 2 aliphatic heterocycles. The SMILES string of the molecule is Cc1cccc(C2(C(=O)N3CCCC(Cc4ccc5ccncc5c4)CC3)CCOCC2)c1. The van der Waals surface area contributed by atoms with Gasteiger partial charge in [-0.05, 0) is 80.0 Å². The summed E-state index contributed by atoms with van der Waals surface area (Å²) in [7, 11) is 0. The lowest BCUT2D eigenvalue weighted by molar-refractivity contribution is -0.141. The monoisotopic (exact) mass is 442 g/mol. The molecule has 1 atom stereocenters. The topological polar surface area (TPSA) is 42.4 Å². The third-order valence-electron chi connectivity index (χ3n) is 7.69. The van der Waals surface area contributed by atoms with Gasteiger partial charge in [0, 0.05) is 44.1 Å². The molecular formula is C29H34N2O2. The number of aryl methyl sites for hydroxylation is 1. The number of carbonyl (C=O) groups excluding carboxylic acids is 1. The van der Waals surface area contributed by atoms with E-state index in [0.717, 1.165) is 45.2 Å². The van der Waals surface area contributed by atoms with Crippen molar-refractivity contribution in [2.45, 2.75) is 50.9 Å². The van der Waals surface area contributed by atoms with Gasteiger partial charge in [0.2, 0.25) is 5.91 Å². The lowest BCUT2D eigenvalue weighted by Crippen LogP contribution is -2.50. The van der Waals surface area contributed by atoms with Crippen molar-refractivity contribution in [2.75, 3.05) is 26.3 Å². The first-order chi connectivity index (χ1) is 16.1. The summed E-state index contributed by atoms with van der Waals surface area (Å²) in [5.74, 6) is 0.926. The van der Waals surface area contributed by atoms with Crippen molar-refractivity contribution in [2.24, 2.45) is 5.92 Å². The van der Waals surface area contributed by atoms with Crippen molar-refractivity contribution in [3.05, 3.63) is 77.6 Å². The molecule has 3 heterocycles. The molecule has 4 nitrogen and oxygen atoms in total. The number of carbonyl (C=O) groups is 1. The van der Waals surface area contributed by atoms with E-state index in [9.17, 15) is 4.79 Å². The summed E-state index contributed by atoms with van der Waals surface area (Å²) in [5.41, 5.74) is 3.32. The first-order valence-electron chi connectivity index (χ1n) is 12.4. The van der Waals surface area contributed by atoms with Crippen molar-refractivity contribution in [3.63, 3.8) is 0 Å². The van der Waals surface area contributed by atoms with E-state index in [0.29, 0.717) is 25.0 Å². The fraction of sp³-hybridized carbons (Fsp3) is 0.448. The number of ether oxygens (including phenoxy) is 1. The van der Waals surface area contributed by atoms with Crippen molar-refractivity contribution < 1.29 is 9.53 Å². The normalized spacial score (nSPS) is 21.0. The summed E-state index contributed by atoms with van der Waals surface area (Å²) in [6, 6.07) is 17.4. The van der Waals surface area contributed by atoms with Crippen molar-refractivity contribution in [1.82, 2.24) is 9.88 Å². The number of likely N-dealkylation sites (tertiary alicyclic amines) is 1. The van der Waals surface area contributed by atoms with Crippen LogP contribution in [0.3, 0.4) is 0 Å². The molecule has 2 aliphatic rings. The number of pyridine rings is 1. The molecule has 0 bridgehead atoms. The summed E-state index contributed by atoms with van der Waals surface area (Å²) >= 11 is 0. The largest absolute Gasteiger partial charge is 0.381 e. The van der Waals surface area contributed by atoms with Crippen molar-refractivity contribution in [3.8, 4) is 0 Å². The Morgan fingerprint density at radius 2 is 1.94 bits per heavy atom. The molecule has 0 N–H and O–H groups in total. The minimum atomic E-state index is -0.435. The number of fused-ring (bicyclic) bond motifs is 1. The first-order valence-corrected chi connectivity index (χ1v) is 12.4. The van der Waals surface area contributed by atoms with Gasteiger partial charge in [0.15, 0.2) is 0 Å². The molecular weight excluding hydrogens is 408 g/mol. The zero-order valence-corrected chi connectivity index (χ0v) is 19.6. The fourth-order valence-corrected chi connectivity index (χ4v) is 5.76. The second kappa shape index (κ2) is 9.64. The van der Waals surface area contributed by atoms with Crippen LogP contribution in [-0.2, 0) is 21.4 Å². The van der Waals surface area contributed by atoms with Crippen LogP contribution >= 0.6 is 0 Å². The number of aromatic nitrogens is 1. The Balaban J connectivity index is 1.30. The van der Waals surface area contributed by atoms with Crippen LogP contribution in [-0.4, -0.2) is 42.1 Å². The predicted octanol–water partition coefficient (Wildman–Crippen LogP) is 5.46. The molecule has 4 heteroatoms. The van der Waals surface area contributed by atoms with E-state index in [2.05, 4.69) is 65.3 Å². The Morgan fingerprint density at radius 3 is 2.79 bits per heavy atom. The van der Waals surface area contributed by atoms with Gasteiger partial charge in [-0.25, -0.2) is 0 Å². The molecule has 2 saturated heterocycles. The standard InChI is InChI=1S/C29H34N2O2/c1-22-4-2-6-27(18-22)29(11-16-33-17-12-29)28(32)31-14-3-5-23(10-15-31)19-24-7-8-25-9-13-30-21-26(25)20-24/h2,4,6-9,13,18,20-21,23H,3,5,10-12,14-17,19H2,1H3. The highest BCUT2D eigenvalue weighted by Crippen LogP contribution is 2.38. The molecule has 172 valence electrons. The van der Waals surface area contributed by atoms with Crippen LogP contribution in [0.25, 0.3) is 10.8 Å². The predicted molar refractivity (Wildman–Crippen MR) is 132 cm³/mol. The zero-order valence-electron chi connectivity index (χ0n) is 19.6. The second-order valence-corrected chi connectivity index (χ2v) is 9.91. The Bertz CT molecular complexity index is 1120. The molecule has 1 unspecified atom stereocenters. The highest BCUT2D eigenvalue weighted by molar-refractivity contribution is 5.88. The number of amides is 1. The Morgan fingerprint density at radius 1 is 1.06 bits per heavy atom. The highest BCUT2D eigenvalue weighted by Gasteiger charge is 2.44. The summed E-state index contributed by atoms with van der Waals surface area (Å²) in [6.07, 6.45) is 9.74. The Hall–Kier alpha value is -2.72. The quantitative estimate of drug-likeness (QED) is 0.539. The van der Waals surface area contributed by atoms with E-state index in [1.165, 1.54) is 33.9 Å². The number of hydrogen-bond donors (Lipinski definition) is 0. The van der Waals surface area contributed by atoms with E-state index in [-0.39, 0.29) is 0 Å². The van der Waals surface area contributed by atoms with E-state index >= 15 is 0 Å². The molecule has 1 amide bonds. The van der Waals surface area contributed by atoms with Crippen LogP contribution in [0.1, 0.15) is 48.8 Å². The molecule has 2 fully saturated rings. The van der Waals surface area contributed by atoms with Gasteiger partial charge in [0.1, 0.15) is 0 Å². The van der Waals surface area contributed by atoms with Crippen LogP contribution in [0.4, 0.5) is 0 Å². The fourth-order valence-electron chi connectivity index (χ4n) is 5.76. The highest BCUT2D eigenvalue weighted by atomic mass is 16.5. The third-order valence-corrected chi connectivity index (χ3v) is 7.69. The van der Waals surface area contributed by atoms with Gasteiger partial charge in [0.05, 0.1) is 5.41 Å². The van der Waals surface area contributed by atoms with E-state index in [1.807, 2.05) is 12.4 Å². The second-order valence-electron chi connectivity index (χ2n) is 9.91. The molecule has 0 radical (unpaired) electrons. The van der Waals surface area contributed by atoms with Crippen LogP contribution < -0.4 is 0 Å². The maximum atomic E-state index is 14.0. The lowest BCUT2D eigenvalue weighted by Gasteiger charge is -2.40. The number of rotatable bonds is 4. The molecule has 1 aromatic heterocycles. The van der Waals surface area contributed by atoms with Crippen molar-refractivity contribution >= 4 is 16.7 Å². The van der Waals surface area contributed by atoms with Crippen LogP contribution in [0.15, 0.2) is 60.9 Å². The third kappa shape index (κ3) is 4.67. The lowest BCUT2D eigenvalue weighted by atomic mass is 9.72. The van der Waals surface area contributed by atoms with Gasteiger partial charge in [0.25, 0.3) is 0 Å². The number of benzene rings is 2. The van der Waals surface area contributed by atoms with Gasteiger partial charge >= 0.3 is 0 Å². The molecule has 0 aliphatic carbocycles. The maximum absolute atomic E-state index is 14.0. The Labute approximate surface area is 197 Å². The van der Waals surface area contributed by atoms with E-state index in [1.54, 1.807) is 0 Å². The average molecular weight is 443 g/mol. The minimum absolute atomic E-state index is 0.314. The number of nitrogens with zero attached hydrogens (tertiary/aromatic N) is 2. The van der Waals surface area contributed by atoms with Crippen LogP contribution in [0.5, 0.6) is 0 Å². The summed E-state index contributed by atoms with van der Waals surface area (Å²) in [6.45, 7) is 5.15. The average Bonchev–Trinajstić information content (AvgIpc) is 3.09. The first kappa shape index (κ1) is 22.1. The molecule has 0 spiro atoms. The molecule has 0 saturated carbocycles. The minimum Gasteiger partial charge on any atom is -0.381 e. The van der Waals surface area contributed by atoms with Crippen molar-refractivity contribution in [1.29, 1.82) is 0 Å². The van der Waals surface area contributed by atoms with E-state index in [4.69, 9.17) is 4.74 Å². The van der Waals surface area contributed by atoms with Gasteiger partial charge in [-0.3, -0.25) is 9.78 Å². The summed E-state index contributed by atoms with van der Waals surface area (Å²) in [5, 5.41) is 2.45. The van der Waals surface area contributed by atoms with Gasteiger partial charge < -0.3 is 9.64 Å². The Kier molecular flexibility index (Phi) is 6.45.